The summed E-state index contributed by atoms with van der Waals surface area (Å²) in [6.07, 6.45) is 0.210. The van der Waals surface area contributed by atoms with E-state index in [0.29, 0.717) is 15.6 Å². The van der Waals surface area contributed by atoms with Crippen LogP contribution in [-0.4, -0.2) is 43.8 Å². The summed E-state index contributed by atoms with van der Waals surface area (Å²) in [5.41, 5.74) is 2.61. The monoisotopic (exact) mass is 651 g/mol. The molecule has 2 amide bonds. The molecule has 1 N–H and O–H groups in total. The number of hydrogen-bond donors (Lipinski definition) is 1. The Balaban J connectivity index is 1.81. The molecule has 4 aromatic carbocycles. The lowest BCUT2D eigenvalue weighted by molar-refractivity contribution is -0.140. The molecule has 44 heavy (non-hydrogen) atoms. The summed E-state index contributed by atoms with van der Waals surface area (Å²) in [4.78, 5) is 29.6. The highest BCUT2D eigenvalue weighted by atomic mass is 35.5. The van der Waals surface area contributed by atoms with E-state index in [1.165, 1.54) is 17.0 Å². The molecule has 230 valence electrons. The third-order valence-corrected chi connectivity index (χ3v) is 9.41. The van der Waals surface area contributed by atoms with Crippen molar-refractivity contribution < 1.29 is 18.0 Å². The van der Waals surface area contributed by atoms with Crippen molar-refractivity contribution in [3.8, 4) is 0 Å². The van der Waals surface area contributed by atoms with Crippen molar-refractivity contribution in [2.24, 2.45) is 0 Å². The van der Waals surface area contributed by atoms with Crippen molar-refractivity contribution in [3.05, 3.63) is 130 Å². The van der Waals surface area contributed by atoms with Crippen LogP contribution >= 0.6 is 23.2 Å². The summed E-state index contributed by atoms with van der Waals surface area (Å²) in [6.45, 7) is 4.96. The number of amides is 2. The van der Waals surface area contributed by atoms with Gasteiger partial charge in [-0.15, -0.1) is 0 Å². The quantitative estimate of drug-likeness (QED) is 0.186. The first-order valence-electron chi connectivity index (χ1n) is 14.2. The largest absolute Gasteiger partial charge is 0.352 e. The molecule has 0 aliphatic heterocycles. The van der Waals surface area contributed by atoms with Gasteiger partial charge >= 0.3 is 0 Å². The Hall–Kier alpha value is -3.85. The molecule has 0 radical (unpaired) electrons. The Morgan fingerprint density at radius 2 is 1.43 bits per heavy atom. The predicted molar refractivity (Wildman–Crippen MR) is 176 cm³/mol. The van der Waals surface area contributed by atoms with Crippen molar-refractivity contribution in [1.82, 2.24) is 10.2 Å². The highest BCUT2D eigenvalue weighted by Crippen LogP contribution is 2.27. The fourth-order valence-corrected chi connectivity index (χ4v) is 6.45. The van der Waals surface area contributed by atoms with E-state index in [0.717, 1.165) is 15.4 Å². The van der Waals surface area contributed by atoms with Crippen LogP contribution in [0.15, 0.2) is 108 Å². The second-order valence-electron chi connectivity index (χ2n) is 10.8. The molecule has 0 saturated heterocycles. The summed E-state index contributed by atoms with van der Waals surface area (Å²) in [5, 5.41) is 3.78. The molecule has 0 heterocycles. The summed E-state index contributed by atoms with van der Waals surface area (Å²) in [5.74, 6) is -0.931. The Morgan fingerprint density at radius 1 is 0.818 bits per heavy atom. The van der Waals surface area contributed by atoms with E-state index in [1.54, 1.807) is 60.7 Å². The zero-order valence-corrected chi connectivity index (χ0v) is 27.1. The standard InChI is InChI=1S/C34H35Cl2N3O4S/c1-24(2)37-34(41)32(21-26-9-5-4-6-10-26)38(22-27-11-7-8-12-31(27)36)33(40)23-39(29-17-15-28(35)16-18-29)44(42,43)30-19-13-25(3)14-20-30/h4-20,24,32H,21-23H2,1-3H3,(H,37,41). The van der Waals surface area contributed by atoms with Crippen LogP contribution in [0, 0.1) is 6.92 Å². The van der Waals surface area contributed by atoms with Crippen molar-refractivity contribution in [2.45, 2.75) is 50.7 Å². The maximum absolute atomic E-state index is 14.4. The molecule has 0 spiro atoms. The van der Waals surface area contributed by atoms with E-state index < -0.39 is 28.5 Å². The number of sulfonamides is 1. The predicted octanol–water partition coefficient (Wildman–Crippen LogP) is 6.66. The van der Waals surface area contributed by atoms with Gasteiger partial charge in [0.05, 0.1) is 10.6 Å². The van der Waals surface area contributed by atoms with Gasteiger partial charge in [-0.05, 0) is 74.4 Å². The zero-order chi connectivity index (χ0) is 31.9. The maximum atomic E-state index is 14.4. The number of hydrogen-bond acceptors (Lipinski definition) is 4. The summed E-state index contributed by atoms with van der Waals surface area (Å²) >= 11 is 12.6. The van der Waals surface area contributed by atoms with E-state index in [2.05, 4.69) is 5.32 Å². The van der Waals surface area contributed by atoms with E-state index in [1.807, 2.05) is 51.1 Å². The van der Waals surface area contributed by atoms with Crippen LogP contribution in [0.2, 0.25) is 10.0 Å². The number of halogens is 2. The van der Waals surface area contributed by atoms with Gasteiger partial charge in [-0.3, -0.25) is 13.9 Å². The van der Waals surface area contributed by atoms with Crippen LogP contribution in [0.25, 0.3) is 0 Å². The lowest BCUT2D eigenvalue weighted by atomic mass is 10.0. The Labute approximate surface area is 269 Å². The van der Waals surface area contributed by atoms with E-state index in [4.69, 9.17) is 23.2 Å². The van der Waals surface area contributed by atoms with Crippen LogP contribution < -0.4 is 9.62 Å². The molecule has 0 bridgehead atoms. The van der Waals surface area contributed by atoms with Gasteiger partial charge in [0.2, 0.25) is 11.8 Å². The molecule has 1 unspecified atom stereocenters. The van der Waals surface area contributed by atoms with Crippen molar-refractivity contribution in [1.29, 1.82) is 0 Å². The molecule has 10 heteroatoms. The van der Waals surface area contributed by atoms with E-state index in [-0.39, 0.29) is 35.5 Å². The van der Waals surface area contributed by atoms with Gasteiger partial charge in [0, 0.05) is 29.1 Å². The molecule has 0 aliphatic carbocycles. The Morgan fingerprint density at radius 3 is 2.05 bits per heavy atom. The smallest absolute Gasteiger partial charge is 0.264 e. The Bertz CT molecular complexity index is 1680. The average Bonchev–Trinajstić information content (AvgIpc) is 2.99. The highest BCUT2D eigenvalue weighted by Gasteiger charge is 2.35. The first-order chi connectivity index (χ1) is 21.0. The van der Waals surface area contributed by atoms with E-state index >= 15 is 0 Å². The topological polar surface area (TPSA) is 86.8 Å². The summed E-state index contributed by atoms with van der Waals surface area (Å²) < 4.78 is 29.2. The van der Waals surface area contributed by atoms with Crippen LogP contribution in [0.3, 0.4) is 0 Å². The van der Waals surface area contributed by atoms with Gasteiger partial charge in [-0.2, -0.15) is 0 Å². The summed E-state index contributed by atoms with van der Waals surface area (Å²) in [7, 11) is -4.20. The molecule has 7 nitrogen and oxygen atoms in total. The van der Waals surface area contributed by atoms with Crippen molar-refractivity contribution >= 4 is 50.7 Å². The third-order valence-electron chi connectivity index (χ3n) is 7.00. The number of aryl methyl sites for hydroxylation is 1. The molecule has 1 atom stereocenters. The van der Waals surface area contributed by atoms with Gasteiger partial charge < -0.3 is 10.2 Å². The summed E-state index contributed by atoms with van der Waals surface area (Å²) in [6, 6.07) is 27.9. The molecule has 0 fully saturated rings. The van der Waals surface area contributed by atoms with Crippen LogP contribution in [0.4, 0.5) is 5.69 Å². The second-order valence-corrected chi connectivity index (χ2v) is 13.5. The fourth-order valence-electron chi connectivity index (χ4n) is 4.72. The number of carbonyl (C=O) groups excluding carboxylic acids is 2. The van der Waals surface area contributed by atoms with Gasteiger partial charge in [-0.1, -0.05) is 89.4 Å². The molecule has 4 aromatic rings. The fraction of sp³-hybridized carbons (Fsp3) is 0.235. The molecular weight excluding hydrogens is 617 g/mol. The number of carbonyl (C=O) groups is 2. The third kappa shape index (κ3) is 8.40. The van der Waals surface area contributed by atoms with Gasteiger partial charge in [0.25, 0.3) is 10.0 Å². The molecular formula is C34H35Cl2N3O4S. The number of nitrogens with one attached hydrogen (secondary N) is 1. The number of nitrogens with zero attached hydrogens (tertiary/aromatic N) is 2. The van der Waals surface area contributed by atoms with Gasteiger partial charge in [0.15, 0.2) is 0 Å². The molecule has 0 saturated carbocycles. The van der Waals surface area contributed by atoms with Crippen molar-refractivity contribution in [2.75, 3.05) is 10.8 Å². The minimum atomic E-state index is -4.20. The number of anilines is 1. The average molecular weight is 653 g/mol. The SMILES string of the molecule is Cc1ccc(S(=O)(=O)N(CC(=O)N(Cc2ccccc2Cl)C(Cc2ccccc2)C(=O)NC(C)C)c2ccc(Cl)cc2)cc1. The second kappa shape index (κ2) is 14.8. The van der Waals surface area contributed by atoms with E-state index in [9.17, 15) is 18.0 Å². The molecule has 4 rings (SSSR count). The highest BCUT2D eigenvalue weighted by molar-refractivity contribution is 7.92. The maximum Gasteiger partial charge on any atom is 0.264 e. The lowest BCUT2D eigenvalue weighted by Crippen LogP contribution is -2.54. The number of benzene rings is 4. The first-order valence-corrected chi connectivity index (χ1v) is 16.4. The van der Waals surface area contributed by atoms with Gasteiger partial charge in [-0.25, -0.2) is 8.42 Å². The zero-order valence-electron chi connectivity index (χ0n) is 24.8. The van der Waals surface area contributed by atoms with Crippen LogP contribution in [0.1, 0.15) is 30.5 Å². The molecule has 0 aromatic heterocycles. The number of rotatable bonds is 12. The minimum absolute atomic E-state index is 0.0133. The van der Waals surface area contributed by atoms with Crippen LogP contribution in [-0.2, 0) is 32.6 Å². The Kier molecular flexibility index (Phi) is 11.1. The first kappa shape index (κ1) is 33.1. The van der Waals surface area contributed by atoms with Crippen molar-refractivity contribution in [3.63, 3.8) is 0 Å². The normalized spacial score (nSPS) is 12.0. The lowest BCUT2D eigenvalue weighted by Gasteiger charge is -2.34. The van der Waals surface area contributed by atoms with Gasteiger partial charge in [0.1, 0.15) is 12.6 Å². The molecule has 0 aliphatic rings. The van der Waals surface area contributed by atoms with Crippen LogP contribution in [0.5, 0.6) is 0 Å². The minimum Gasteiger partial charge on any atom is -0.352 e.